The van der Waals surface area contributed by atoms with Crippen LogP contribution in [0, 0.1) is 5.92 Å². The van der Waals surface area contributed by atoms with Crippen molar-refractivity contribution < 1.29 is 14.9 Å². The third-order valence-electron chi connectivity index (χ3n) is 3.67. The number of hydrogen-bond acceptors (Lipinski definition) is 3. The van der Waals surface area contributed by atoms with Gasteiger partial charge < -0.3 is 14.9 Å². The molecule has 2 aliphatic carbocycles. The lowest BCUT2D eigenvalue weighted by Gasteiger charge is -2.25. The summed E-state index contributed by atoms with van der Waals surface area (Å²) in [5, 5.41) is 20.0. The maximum Gasteiger partial charge on any atom is 0.139 e. The van der Waals surface area contributed by atoms with Gasteiger partial charge in [0, 0.05) is 6.00 Å². The Labute approximate surface area is 72.1 Å². The maximum atomic E-state index is 10.1. The second-order valence-electron chi connectivity index (χ2n) is 4.73. The van der Waals surface area contributed by atoms with Gasteiger partial charge in [-0.1, -0.05) is 0 Å². The predicted octanol–water partition coefficient (Wildman–Crippen LogP) is -1.38. The van der Waals surface area contributed by atoms with Crippen LogP contribution in [0.2, 0.25) is 0 Å². The molecule has 0 aromatic carbocycles. The third kappa shape index (κ3) is 0.652. The third-order valence-corrected chi connectivity index (χ3v) is 3.67. The molecule has 3 nitrogen and oxygen atoms in total. The molecule has 66 valence electrons. The van der Waals surface area contributed by atoms with Crippen LogP contribution in [0.15, 0.2) is 0 Å². The van der Waals surface area contributed by atoms with E-state index in [1.807, 2.05) is 7.85 Å². The molecule has 3 unspecified atom stereocenters. The van der Waals surface area contributed by atoms with Gasteiger partial charge in [0.2, 0.25) is 0 Å². The van der Waals surface area contributed by atoms with Gasteiger partial charge in [0.15, 0.2) is 0 Å². The van der Waals surface area contributed by atoms with Crippen molar-refractivity contribution in [2.75, 3.05) is 0 Å². The zero-order chi connectivity index (χ0) is 8.56. The Balaban J connectivity index is 1.95. The summed E-state index contributed by atoms with van der Waals surface area (Å²) >= 11 is 0. The largest absolute Gasteiger partial charge is 0.387 e. The molecule has 3 fully saturated rings. The molecular formula is C8H13BO3. The fourth-order valence-corrected chi connectivity index (χ4v) is 3.12. The van der Waals surface area contributed by atoms with Crippen LogP contribution in [0.3, 0.4) is 0 Å². The Morgan fingerprint density at radius 3 is 2.67 bits per heavy atom. The van der Waals surface area contributed by atoms with E-state index in [1.54, 1.807) is 0 Å². The smallest absolute Gasteiger partial charge is 0.139 e. The molecular weight excluding hydrogens is 155 g/mol. The van der Waals surface area contributed by atoms with E-state index in [9.17, 15) is 10.2 Å². The quantitative estimate of drug-likeness (QED) is 0.438. The molecule has 0 aromatic rings. The first-order valence-electron chi connectivity index (χ1n) is 4.65. The SMILES string of the molecule is B[C@H]1CC2(O)CC3CC3(O)[C@@H]2O1. The topological polar surface area (TPSA) is 49.7 Å². The van der Waals surface area contributed by atoms with Crippen molar-refractivity contribution in [3.8, 4) is 0 Å². The summed E-state index contributed by atoms with van der Waals surface area (Å²) in [5.41, 5.74) is -1.38. The van der Waals surface area contributed by atoms with Gasteiger partial charge >= 0.3 is 0 Å². The average molecular weight is 168 g/mol. The molecule has 1 aliphatic heterocycles. The minimum atomic E-state index is -0.711. The predicted molar refractivity (Wildman–Crippen MR) is 44.4 cm³/mol. The number of rotatable bonds is 0. The van der Waals surface area contributed by atoms with E-state index >= 15 is 0 Å². The molecule has 0 radical (unpaired) electrons. The highest BCUT2D eigenvalue weighted by Crippen LogP contribution is 2.63. The summed E-state index contributed by atoms with van der Waals surface area (Å²) in [6.07, 6.45) is 1.95. The van der Waals surface area contributed by atoms with E-state index in [0.717, 1.165) is 12.8 Å². The van der Waals surface area contributed by atoms with Crippen molar-refractivity contribution in [3.63, 3.8) is 0 Å². The Hall–Kier alpha value is -0.0551. The van der Waals surface area contributed by atoms with Crippen LogP contribution in [-0.4, -0.2) is 41.4 Å². The van der Waals surface area contributed by atoms with Crippen molar-refractivity contribution in [1.29, 1.82) is 0 Å². The number of fused-ring (bicyclic) bond motifs is 3. The molecule has 1 saturated heterocycles. The molecule has 2 N–H and O–H groups in total. The summed E-state index contributed by atoms with van der Waals surface area (Å²) in [6.45, 7) is 0. The molecule has 0 amide bonds. The van der Waals surface area contributed by atoms with Gasteiger partial charge in [-0.15, -0.1) is 0 Å². The highest BCUT2D eigenvalue weighted by Gasteiger charge is 2.74. The molecule has 1 heterocycles. The van der Waals surface area contributed by atoms with Crippen LogP contribution in [-0.2, 0) is 4.74 Å². The summed E-state index contributed by atoms with van der Waals surface area (Å²) in [6, 6.07) is 0.102. The van der Waals surface area contributed by atoms with Gasteiger partial charge in [0.25, 0.3) is 0 Å². The van der Waals surface area contributed by atoms with Crippen molar-refractivity contribution in [2.45, 2.75) is 42.6 Å². The molecule has 0 bridgehead atoms. The van der Waals surface area contributed by atoms with Crippen LogP contribution in [0.1, 0.15) is 19.3 Å². The minimum absolute atomic E-state index is 0.102. The monoisotopic (exact) mass is 168 g/mol. The number of ether oxygens (including phenoxy) is 1. The van der Waals surface area contributed by atoms with E-state index < -0.39 is 11.2 Å². The Morgan fingerprint density at radius 1 is 1.25 bits per heavy atom. The molecule has 12 heavy (non-hydrogen) atoms. The Kier molecular flexibility index (Phi) is 1.07. The van der Waals surface area contributed by atoms with E-state index in [2.05, 4.69) is 0 Å². The highest BCUT2D eigenvalue weighted by molar-refractivity contribution is 6.11. The minimum Gasteiger partial charge on any atom is -0.387 e. The maximum absolute atomic E-state index is 10.1. The van der Waals surface area contributed by atoms with Crippen molar-refractivity contribution in [1.82, 2.24) is 0 Å². The van der Waals surface area contributed by atoms with E-state index in [-0.39, 0.29) is 12.1 Å². The zero-order valence-corrected chi connectivity index (χ0v) is 7.16. The van der Waals surface area contributed by atoms with Crippen LogP contribution < -0.4 is 0 Å². The Bertz CT molecular complexity index is 246. The van der Waals surface area contributed by atoms with E-state index in [4.69, 9.17) is 4.74 Å². The van der Waals surface area contributed by atoms with Crippen molar-refractivity contribution in [3.05, 3.63) is 0 Å². The van der Waals surface area contributed by atoms with Crippen LogP contribution in [0.25, 0.3) is 0 Å². The number of aliphatic hydroxyl groups is 2. The van der Waals surface area contributed by atoms with E-state index in [1.165, 1.54) is 0 Å². The molecule has 0 aromatic heterocycles. The first-order chi connectivity index (χ1) is 5.55. The lowest BCUT2D eigenvalue weighted by atomic mass is 9.86. The molecule has 3 rings (SSSR count). The Morgan fingerprint density at radius 2 is 2.00 bits per heavy atom. The van der Waals surface area contributed by atoms with Gasteiger partial charge in [0.1, 0.15) is 14.0 Å². The van der Waals surface area contributed by atoms with Crippen molar-refractivity contribution in [2.24, 2.45) is 5.92 Å². The molecule has 3 aliphatic rings. The second-order valence-corrected chi connectivity index (χ2v) is 4.73. The number of hydrogen-bond donors (Lipinski definition) is 2. The second kappa shape index (κ2) is 1.74. The van der Waals surface area contributed by atoms with Crippen LogP contribution in [0.4, 0.5) is 0 Å². The normalized spacial score (nSPS) is 67.7. The van der Waals surface area contributed by atoms with Gasteiger partial charge in [-0.25, -0.2) is 0 Å². The molecule has 5 atom stereocenters. The molecule has 2 saturated carbocycles. The fraction of sp³-hybridized carbons (Fsp3) is 1.00. The summed E-state index contributed by atoms with van der Waals surface area (Å²) in [7, 11) is 1.96. The average Bonchev–Trinajstić information content (AvgIpc) is 2.35. The van der Waals surface area contributed by atoms with Gasteiger partial charge in [-0.3, -0.25) is 0 Å². The van der Waals surface area contributed by atoms with Gasteiger partial charge in [-0.2, -0.15) is 0 Å². The lowest BCUT2D eigenvalue weighted by Crippen LogP contribution is -2.41. The zero-order valence-electron chi connectivity index (χ0n) is 7.16. The van der Waals surface area contributed by atoms with Crippen LogP contribution in [0.5, 0.6) is 0 Å². The van der Waals surface area contributed by atoms with Gasteiger partial charge in [-0.05, 0) is 25.2 Å². The summed E-state index contributed by atoms with van der Waals surface area (Å²) in [5.74, 6) is 0.306. The first-order valence-corrected chi connectivity index (χ1v) is 4.65. The molecule has 4 heteroatoms. The highest BCUT2D eigenvalue weighted by atomic mass is 16.5. The standard InChI is InChI=1S/C8H13BO3/c9-5-3-7(10)1-4-2-8(4,11)6(7)12-5/h4-6,10-11H,1-3,9H2/t4?,5-,6-,7?,8?/m1/s1. The van der Waals surface area contributed by atoms with Crippen molar-refractivity contribution >= 4 is 7.85 Å². The van der Waals surface area contributed by atoms with Crippen LogP contribution >= 0.6 is 0 Å². The first kappa shape index (κ1) is 7.36. The van der Waals surface area contributed by atoms with E-state index in [0.29, 0.717) is 12.3 Å². The fourth-order valence-electron chi connectivity index (χ4n) is 3.12. The van der Waals surface area contributed by atoms with Gasteiger partial charge in [0.05, 0.1) is 11.2 Å². The summed E-state index contributed by atoms with van der Waals surface area (Å²) in [4.78, 5) is 0. The molecule has 0 spiro atoms. The summed E-state index contributed by atoms with van der Waals surface area (Å²) < 4.78 is 5.55. The lowest BCUT2D eigenvalue weighted by molar-refractivity contribution is -0.0873.